The molecular formula is C44H58ClN7O10S. The number of aromatic hydroxyl groups is 2. The van der Waals surface area contributed by atoms with Crippen molar-refractivity contribution in [3.63, 3.8) is 0 Å². The molecule has 0 bridgehead atoms. The molecule has 0 aromatic heterocycles. The number of nitrogens with one attached hydrogen (secondary N) is 6. The van der Waals surface area contributed by atoms with Gasteiger partial charge in [-0.05, 0) is 84.8 Å². The van der Waals surface area contributed by atoms with Crippen LogP contribution in [-0.2, 0) is 52.8 Å². The molecule has 0 saturated heterocycles. The molecule has 0 heterocycles. The molecule has 19 heteroatoms. The Bertz CT molecular complexity index is 2010. The van der Waals surface area contributed by atoms with Crippen LogP contribution in [0, 0.1) is 5.92 Å². The molecule has 0 aliphatic heterocycles. The number of halogens is 1. The number of carbonyl (C=O) groups is 7. The molecule has 0 unspecified atom stereocenters. The van der Waals surface area contributed by atoms with Crippen LogP contribution in [0.3, 0.4) is 0 Å². The summed E-state index contributed by atoms with van der Waals surface area (Å²) in [5, 5.41) is 45.9. The summed E-state index contributed by atoms with van der Waals surface area (Å²) in [6, 6.07) is 10.6. The van der Waals surface area contributed by atoms with Gasteiger partial charge in [0.15, 0.2) is 0 Å². The van der Waals surface area contributed by atoms with Gasteiger partial charge in [-0.15, -0.1) is 0 Å². The van der Waals surface area contributed by atoms with Gasteiger partial charge in [0.1, 0.15) is 47.8 Å². The van der Waals surface area contributed by atoms with Crippen molar-refractivity contribution in [2.24, 2.45) is 11.7 Å². The molecule has 0 aliphatic carbocycles. The quantitative estimate of drug-likeness (QED) is 0.0432. The largest absolute Gasteiger partial charge is 0.508 e. The van der Waals surface area contributed by atoms with E-state index in [4.69, 9.17) is 17.3 Å². The summed E-state index contributed by atoms with van der Waals surface area (Å²) in [6.45, 7) is 5.06. The topological polar surface area (TPSA) is 278 Å². The first kappa shape index (κ1) is 51.5. The lowest BCUT2D eigenvalue weighted by molar-refractivity contribution is -0.142. The standard InChI is InChI=1S/C44H58ClN7O10S/c1-4-25(2)38(52-42(59)37(24-63)47-26(3)53)43(60)50-35(22-28-10-16-31(54)17-11-28)40(57)48-33(7-5-6-20-46)39(56)49-34(21-27-8-14-30(45)15-9-27)41(58)51-36(44(61)62)23-29-12-18-32(55)19-13-29/h8-19,25,33-38,54-55,63H,4-7,20-24,46H2,1-3H3,(H,47,53)(H,48,57)(H,49,56)(H,50,60)(H,51,58)(H,52,59)(H,61,62)/t25-,33-,34-,35-,36-,37-,38-/m0/s1. The highest BCUT2D eigenvalue weighted by molar-refractivity contribution is 7.80. The second kappa shape index (κ2) is 25.9. The molecule has 3 aromatic rings. The van der Waals surface area contributed by atoms with Crippen molar-refractivity contribution in [3.8, 4) is 11.5 Å². The Morgan fingerprint density at radius 2 is 1.02 bits per heavy atom. The van der Waals surface area contributed by atoms with E-state index >= 15 is 0 Å². The van der Waals surface area contributed by atoms with Crippen LogP contribution >= 0.6 is 24.2 Å². The predicted octanol–water partition coefficient (Wildman–Crippen LogP) is 1.90. The van der Waals surface area contributed by atoms with Gasteiger partial charge in [-0.2, -0.15) is 12.6 Å². The first-order valence-electron chi connectivity index (χ1n) is 20.6. The highest BCUT2D eigenvalue weighted by Crippen LogP contribution is 2.16. The van der Waals surface area contributed by atoms with E-state index in [2.05, 4.69) is 44.5 Å². The number of benzene rings is 3. The van der Waals surface area contributed by atoms with Gasteiger partial charge in [0, 0.05) is 37.0 Å². The minimum Gasteiger partial charge on any atom is -0.508 e. The van der Waals surface area contributed by atoms with E-state index in [0.29, 0.717) is 41.0 Å². The monoisotopic (exact) mass is 911 g/mol. The van der Waals surface area contributed by atoms with Crippen molar-refractivity contribution in [3.05, 3.63) is 94.5 Å². The van der Waals surface area contributed by atoms with Crippen molar-refractivity contribution in [1.82, 2.24) is 31.9 Å². The number of rotatable bonds is 25. The zero-order valence-corrected chi connectivity index (χ0v) is 37.1. The molecule has 0 spiro atoms. The van der Waals surface area contributed by atoms with Gasteiger partial charge in [-0.25, -0.2) is 4.79 Å². The first-order valence-corrected chi connectivity index (χ1v) is 21.6. The molecular weight excluding hydrogens is 854 g/mol. The zero-order valence-electron chi connectivity index (χ0n) is 35.4. The second-order valence-corrected chi connectivity index (χ2v) is 16.0. The Hall–Kier alpha value is -5.85. The number of amides is 6. The minimum absolute atomic E-state index is 0.0239. The molecule has 11 N–H and O–H groups in total. The lowest BCUT2D eigenvalue weighted by Gasteiger charge is -2.29. The highest BCUT2D eigenvalue weighted by Gasteiger charge is 2.35. The van der Waals surface area contributed by atoms with E-state index in [1.807, 2.05) is 6.92 Å². The van der Waals surface area contributed by atoms with Crippen molar-refractivity contribution >= 4 is 65.6 Å². The normalized spacial score (nSPS) is 14.3. The number of nitrogens with two attached hydrogens (primary N) is 1. The lowest BCUT2D eigenvalue weighted by atomic mass is 9.96. The van der Waals surface area contributed by atoms with Gasteiger partial charge in [-0.1, -0.05) is 68.3 Å². The van der Waals surface area contributed by atoms with Gasteiger partial charge in [0.2, 0.25) is 35.4 Å². The van der Waals surface area contributed by atoms with Crippen molar-refractivity contribution in [2.45, 2.75) is 102 Å². The predicted molar refractivity (Wildman–Crippen MR) is 240 cm³/mol. The summed E-state index contributed by atoms with van der Waals surface area (Å²) in [5.41, 5.74) is 7.38. The molecule has 63 heavy (non-hydrogen) atoms. The van der Waals surface area contributed by atoms with Crippen LogP contribution in [0.4, 0.5) is 0 Å². The molecule has 0 saturated carbocycles. The van der Waals surface area contributed by atoms with Crippen molar-refractivity contribution < 1.29 is 48.9 Å². The Labute approximate surface area is 377 Å². The fraction of sp³-hybridized carbons (Fsp3) is 0.432. The minimum atomic E-state index is -1.42. The number of carboxylic acids is 1. The number of hydrogen-bond acceptors (Lipinski definition) is 11. The molecule has 17 nitrogen and oxygen atoms in total. The van der Waals surface area contributed by atoms with E-state index in [1.54, 1.807) is 43.3 Å². The molecule has 0 fully saturated rings. The van der Waals surface area contributed by atoms with E-state index in [0.717, 1.165) is 0 Å². The third-order valence-corrected chi connectivity index (χ3v) is 10.9. The molecule has 3 rings (SSSR count). The zero-order chi connectivity index (χ0) is 46.6. The van der Waals surface area contributed by atoms with Crippen LogP contribution in [0.15, 0.2) is 72.8 Å². The average molecular weight is 913 g/mol. The van der Waals surface area contributed by atoms with E-state index in [9.17, 15) is 48.9 Å². The smallest absolute Gasteiger partial charge is 0.326 e. The first-order chi connectivity index (χ1) is 29.9. The number of phenols is 2. The number of carbonyl (C=O) groups excluding carboxylic acids is 6. The third-order valence-electron chi connectivity index (χ3n) is 10.2. The summed E-state index contributed by atoms with van der Waals surface area (Å²) in [5.74, 6) is -6.15. The SMILES string of the molecule is CC[C@H](C)[C@H](NC(=O)[C@H](CS)NC(C)=O)C(=O)N[C@@H](Cc1ccc(O)cc1)C(=O)N[C@@H](CCCCN)C(=O)N[C@@H](Cc1ccc(Cl)cc1)C(=O)N[C@@H](Cc1ccc(O)cc1)C(=O)O. The number of thiol groups is 1. The maximum Gasteiger partial charge on any atom is 0.326 e. The molecule has 6 amide bonds. The molecule has 3 aromatic carbocycles. The average Bonchev–Trinajstić information content (AvgIpc) is 3.25. The van der Waals surface area contributed by atoms with Crippen LogP contribution in [0.2, 0.25) is 5.02 Å². The van der Waals surface area contributed by atoms with Gasteiger partial charge >= 0.3 is 5.97 Å². The van der Waals surface area contributed by atoms with Gasteiger partial charge in [0.05, 0.1) is 0 Å². The lowest BCUT2D eigenvalue weighted by Crippen LogP contribution is -2.61. The number of carboxylic acid groups (broad SMARTS) is 1. The van der Waals surface area contributed by atoms with Crippen LogP contribution < -0.4 is 37.6 Å². The Balaban J connectivity index is 1.95. The van der Waals surface area contributed by atoms with Crippen LogP contribution in [0.5, 0.6) is 11.5 Å². The molecule has 7 atom stereocenters. The Morgan fingerprint density at radius 3 is 1.46 bits per heavy atom. The van der Waals surface area contributed by atoms with Gasteiger partial charge in [0.25, 0.3) is 0 Å². The van der Waals surface area contributed by atoms with Crippen LogP contribution in [0.1, 0.15) is 63.1 Å². The number of aliphatic carboxylic acids is 1. The molecule has 0 aliphatic rings. The van der Waals surface area contributed by atoms with Crippen molar-refractivity contribution in [2.75, 3.05) is 12.3 Å². The number of unbranched alkanes of at least 4 members (excludes halogenated alkanes) is 1. The summed E-state index contributed by atoms with van der Waals surface area (Å²) >= 11 is 10.3. The van der Waals surface area contributed by atoms with E-state index < -0.39 is 83.6 Å². The Kier molecular flexibility index (Phi) is 21.2. The fourth-order valence-electron chi connectivity index (χ4n) is 6.45. The highest BCUT2D eigenvalue weighted by atomic mass is 35.5. The fourth-order valence-corrected chi connectivity index (χ4v) is 6.83. The third kappa shape index (κ3) is 17.4. The van der Waals surface area contributed by atoms with Gasteiger partial charge in [-0.3, -0.25) is 28.8 Å². The number of phenolic OH excluding ortho intramolecular Hbond substituents is 2. The summed E-state index contributed by atoms with van der Waals surface area (Å²) < 4.78 is 0. The number of hydrogen-bond donors (Lipinski definition) is 11. The van der Waals surface area contributed by atoms with E-state index in [1.165, 1.54) is 43.3 Å². The Morgan fingerprint density at radius 1 is 0.603 bits per heavy atom. The van der Waals surface area contributed by atoms with Crippen LogP contribution in [-0.4, -0.2) is 105 Å². The van der Waals surface area contributed by atoms with E-state index in [-0.39, 0.29) is 49.5 Å². The van der Waals surface area contributed by atoms with Crippen molar-refractivity contribution in [1.29, 1.82) is 0 Å². The maximum atomic E-state index is 14.3. The molecule has 342 valence electrons. The second-order valence-electron chi connectivity index (χ2n) is 15.2. The molecule has 0 radical (unpaired) electrons. The van der Waals surface area contributed by atoms with Crippen LogP contribution in [0.25, 0.3) is 0 Å². The summed E-state index contributed by atoms with van der Waals surface area (Å²) in [6.07, 6.45) is 0.999. The maximum absolute atomic E-state index is 14.3. The summed E-state index contributed by atoms with van der Waals surface area (Å²) in [7, 11) is 0. The van der Waals surface area contributed by atoms with Gasteiger partial charge < -0.3 is 53.0 Å². The summed E-state index contributed by atoms with van der Waals surface area (Å²) in [4.78, 5) is 93.8.